The van der Waals surface area contributed by atoms with Gasteiger partial charge in [-0.2, -0.15) is 5.26 Å². The molecular formula is C13H13N3OS. The van der Waals surface area contributed by atoms with Crippen LogP contribution in [0.2, 0.25) is 0 Å². The Labute approximate surface area is 110 Å². The van der Waals surface area contributed by atoms with Crippen LogP contribution in [0.15, 0.2) is 23.6 Å². The molecule has 0 amide bonds. The summed E-state index contributed by atoms with van der Waals surface area (Å²) in [7, 11) is 1.59. The van der Waals surface area contributed by atoms with Crippen LogP contribution >= 0.6 is 11.3 Å². The third-order valence-electron chi connectivity index (χ3n) is 2.48. The highest BCUT2D eigenvalue weighted by atomic mass is 32.1. The zero-order valence-corrected chi connectivity index (χ0v) is 11.0. The molecule has 5 heteroatoms. The lowest BCUT2D eigenvalue weighted by Gasteiger charge is -2.11. The molecule has 0 atom stereocenters. The number of methoxy groups -OCH3 is 1. The summed E-state index contributed by atoms with van der Waals surface area (Å²) in [6.45, 7) is 2.55. The van der Waals surface area contributed by atoms with Crippen molar-refractivity contribution in [1.82, 2.24) is 4.98 Å². The normalized spacial score (nSPS) is 9.83. The zero-order chi connectivity index (χ0) is 13.0. The number of nitriles is 1. The second-order valence-corrected chi connectivity index (χ2v) is 4.77. The van der Waals surface area contributed by atoms with Gasteiger partial charge in [0.05, 0.1) is 35.6 Å². The van der Waals surface area contributed by atoms with Gasteiger partial charge in [-0.3, -0.25) is 0 Å². The number of rotatable bonds is 4. The molecule has 18 heavy (non-hydrogen) atoms. The third-order valence-corrected chi connectivity index (χ3v) is 3.30. The lowest BCUT2D eigenvalue weighted by Crippen LogP contribution is -2.03. The number of ether oxygens (including phenoxy) is 1. The maximum atomic E-state index is 9.08. The number of hydrogen-bond donors (Lipinski definition) is 1. The number of para-hydroxylation sites is 1. The summed E-state index contributed by atoms with van der Waals surface area (Å²) in [4.78, 5) is 4.37. The van der Waals surface area contributed by atoms with Crippen LogP contribution in [0.1, 0.15) is 16.3 Å². The number of aromatic nitrogens is 1. The molecule has 0 fully saturated rings. The summed E-state index contributed by atoms with van der Waals surface area (Å²) < 4.78 is 5.25. The molecular weight excluding hydrogens is 246 g/mol. The van der Waals surface area contributed by atoms with E-state index in [-0.39, 0.29) is 0 Å². The van der Waals surface area contributed by atoms with Crippen molar-refractivity contribution >= 4 is 17.0 Å². The second-order valence-electron chi connectivity index (χ2n) is 3.71. The van der Waals surface area contributed by atoms with E-state index in [0.717, 1.165) is 10.7 Å². The molecule has 1 heterocycles. The monoisotopic (exact) mass is 259 g/mol. The van der Waals surface area contributed by atoms with Gasteiger partial charge in [-0.1, -0.05) is 6.07 Å². The molecule has 1 aromatic carbocycles. The van der Waals surface area contributed by atoms with Crippen molar-refractivity contribution in [3.05, 3.63) is 39.8 Å². The van der Waals surface area contributed by atoms with Crippen LogP contribution in [0.25, 0.3) is 0 Å². The molecule has 0 spiro atoms. The molecule has 0 bridgehead atoms. The second kappa shape index (κ2) is 5.52. The first-order chi connectivity index (χ1) is 8.74. The molecule has 0 aliphatic rings. The van der Waals surface area contributed by atoms with Crippen molar-refractivity contribution < 1.29 is 4.74 Å². The standard InChI is InChI=1S/C13H13N3OS/c1-9-16-11(8-18-9)7-15-13-10(6-14)4-3-5-12(13)17-2/h3-5,8,15H,7H2,1-2H3. The highest BCUT2D eigenvalue weighted by Crippen LogP contribution is 2.28. The smallest absolute Gasteiger partial charge is 0.143 e. The quantitative estimate of drug-likeness (QED) is 0.917. The zero-order valence-electron chi connectivity index (χ0n) is 10.2. The topological polar surface area (TPSA) is 57.9 Å². The lowest BCUT2D eigenvalue weighted by atomic mass is 10.1. The van der Waals surface area contributed by atoms with Gasteiger partial charge in [-0.25, -0.2) is 4.98 Å². The van der Waals surface area contributed by atoms with Crippen LogP contribution in [-0.2, 0) is 6.54 Å². The highest BCUT2D eigenvalue weighted by molar-refractivity contribution is 7.09. The molecule has 0 saturated carbocycles. The van der Waals surface area contributed by atoms with Crippen molar-refractivity contribution in [2.75, 3.05) is 12.4 Å². The van der Waals surface area contributed by atoms with E-state index in [1.54, 1.807) is 30.6 Å². The Morgan fingerprint density at radius 3 is 2.94 bits per heavy atom. The minimum Gasteiger partial charge on any atom is -0.495 e. The minimum atomic E-state index is 0.571. The molecule has 0 saturated heterocycles. The Bertz CT molecular complexity index is 586. The van der Waals surface area contributed by atoms with Crippen molar-refractivity contribution in [1.29, 1.82) is 5.26 Å². The molecule has 1 N–H and O–H groups in total. The molecule has 0 radical (unpaired) electrons. The Balaban J connectivity index is 2.20. The third kappa shape index (κ3) is 2.60. The van der Waals surface area contributed by atoms with E-state index < -0.39 is 0 Å². The summed E-state index contributed by atoms with van der Waals surface area (Å²) in [6.07, 6.45) is 0. The van der Waals surface area contributed by atoms with Gasteiger partial charge < -0.3 is 10.1 Å². The number of anilines is 1. The van der Waals surface area contributed by atoms with Crippen molar-refractivity contribution in [3.63, 3.8) is 0 Å². The fourth-order valence-corrected chi connectivity index (χ4v) is 2.26. The van der Waals surface area contributed by atoms with Crippen LogP contribution in [0, 0.1) is 18.3 Å². The van der Waals surface area contributed by atoms with Gasteiger partial charge in [-0.05, 0) is 19.1 Å². The van der Waals surface area contributed by atoms with Gasteiger partial charge in [0.1, 0.15) is 11.8 Å². The average molecular weight is 259 g/mol. The lowest BCUT2D eigenvalue weighted by molar-refractivity contribution is 0.416. The van der Waals surface area contributed by atoms with E-state index in [4.69, 9.17) is 10.00 Å². The fourth-order valence-electron chi connectivity index (χ4n) is 1.65. The SMILES string of the molecule is COc1cccc(C#N)c1NCc1csc(C)n1. The van der Waals surface area contributed by atoms with Crippen LogP contribution in [0.3, 0.4) is 0 Å². The van der Waals surface area contributed by atoms with Gasteiger partial charge in [0.15, 0.2) is 0 Å². The van der Waals surface area contributed by atoms with E-state index in [1.807, 2.05) is 18.4 Å². The summed E-state index contributed by atoms with van der Waals surface area (Å²) in [5, 5.41) is 15.3. The van der Waals surface area contributed by atoms with Gasteiger partial charge >= 0.3 is 0 Å². The first kappa shape index (κ1) is 12.4. The van der Waals surface area contributed by atoms with Crippen LogP contribution in [-0.4, -0.2) is 12.1 Å². The van der Waals surface area contributed by atoms with Gasteiger partial charge in [-0.15, -0.1) is 11.3 Å². The van der Waals surface area contributed by atoms with Crippen molar-refractivity contribution in [2.24, 2.45) is 0 Å². The summed E-state index contributed by atoms with van der Waals surface area (Å²) in [5.41, 5.74) is 2.25. The van der Waals surface area contributed by atoms with Gasteiger partial charge in [0.2, 0.25) is 0 Å². The Hall–Kier alpha value is -2.06. The molecule has 92 valence electrons. The van der Waals surface area contributed by atoms with Crippen LogP contribution in [0.4, 0.5) is 5.69 Å². The van der Waals surface area contributed by atoms with Gasteiger partial charge in [0, 0.05) is 5.38 Å². The predicted octanol–water partition coefficient (Wildman–Crippen LogP) is 2.94. The van der Waals surface area contributed by atoms with Crippen molar-refractivity contribution in [2.45, 2.75) is 13.5 Å². The Kier molecular flexibility index (Phi) is 3.80. The summed E-state index contributed by atoms with van der Waals surface area (Å²) in [6, 6.07) is 7.54. The van der Waals surface area contributed by atoms with E-state index in [0.29, 0.717) is 23.5 Å². The van der Waals surface area contributed by atoms with Crippen molar-refractivity contribution in [3.8, 4) is 11.8 Å². The number of nitrogens with zero attached hydrogens (tertiary/aromatic N) is 2. The summed E-state index contributed by atoms with van der Waals surface area (Å²) in [5.74, 6) is 0.668. The maximum Gasteiger partial charge on any atom is 0.143 e. The first-order valence-corrected chi connectivity index (χ1v) is 6.34. The molecule has 0 unspecified atom stereocenters. The van der Waals surface area contributed by atoms with E-state index in [9.17, 15) is 0 Å². The minimum absolute atomic E-state index is 0.571. The van der Waals surface area contributed by atoms with E-state index in [2.05, 4.69) is 16.4 Å². The Morgan fingerprint density at radius 2 is 2.33 bits per heavy atom. The number of hydrogen-bond acceptors (Lipinski definition) is 5. The number of aryl methyl sites for hydroxylation is 1. The Morgan fingerprint density at radius 1 is 1.50 bits per heavy atom. The van der Waals surface area contributed by atoms with E-state index >= 15 is 0 Å². The molecule has 0 aliphatic carbocycles. The predicted molar refractivity (Wildman–Crippen MR) is 71.9 cm³/mol. The molecule has 1 aromatic heterocycles. The fraction of sp³-hybridized carbons (Fsp3) is 0.231. The average Bonchev–Trinajstić information content (AvgIpc) is 2.81. The largest absolute Gasteiger partial charge is 0.495 e. The van der Waals surface area contributed by atoms with Gasteiger partial charge in [0.25, 0.3) is 0 Å². The summed E-state index contributed by atoms with van der Waals surface area (Å²) >= 11 is 1.61. The maximum absolute atomic E-state index is 9.08. The van der Waals surface area contributed by atoms with Crippen LogP contribution < -0.4 is 10.1 Å². The first-order valence-electron chi connectivity index (χ1n) is 5.46. The molecule has 0 aliphatic heterocycles. The molecule has 2 aromatic rings. The molecule has 2 rings (SSSR count). The number of thiazole rings is 1. The van der Waals surface area contributed by atoms with E-state index in [1.165, 1.54) is 0 Å². The molecule has 4 nitrogen and oxygen atoms in total. The highest BCUT2D eigenvalue weighted by Gasteiger charge is 2.08. The van der Waals surface area contributed by atoms with Crippen LogP contribution in [0.5, 0.6) is 5.75 Å². The number of nitrogens with one attached hydrogen (secondary N) is 1. The number of benzene rings is 1.